The first kappa shape index (κ1) is 22.9. The van der Waals surface area contributed by atoms with E-state index in [1.807, 2.05) is 24.1 Å². The minimum absolute atomic E-state index is 0.258. The van der Waals surface area contributed by atoms with E-state index in [-0.39, 0.29) is 5.82 Å². The van der Waals surface area contributed by atoms with Gasteiger partial charge in [-0.25, -0.2) is 29.3 Å². The number of likely N-dealkylation sites (tertiary alicyclic amines) is 1. The molecule has 6 rings (SSSR count). The number of aromatic nitrogens is 7. The van der Waals surface area contributed by atoms with Gasteiger partial charge in [0.05, 0.1) is 28.9 Å². The van der Waals surface area contributed by atoms with Crippen LogP contribution in [-0.2, 0) is 6.54 Å². The van der Waals surface area contributed by atoms with Crippen molar-refractivity contribution in [2.24, 2.45) is 0 Å². The zero-order valence-electron chi connectivity index (χ0n) is 18.9. The summed E-state index contributed by atoms with van der Waals surface area (Å²) in [6, 6.07) is 10.4. The molecule has 0 spiro atoms. The van der Waals surface area contributed by atoms with Gasteiger partial charge < -0.3 is 4.57 Å². The number of halogens is 1. The molecule has 5 heterocycles. The van der Waals surface area contributed by atoms with Gasteiger partial charge in [0.1, 0.15) is 18.5 Å². The maximum atomic E-state index is 13.4. The number of hydrogen-bond acceptors (Lipinski definition) is 8. The molecule has 0 bridgehead atoms. The second kappa shape index (κ2) is 11.0. The minimum atomic E-state index is -0.258. The molecule has 0 aliphatic carbocycles. The van der Waals surface area contributed by atoms with Gasteiger partial charge in [0, 0.05) is 60.9 Å². The topological polar surface area (TPSA) is 85.5 Å². The molecule has 4 aromatic heterocycles. The van der Waals surface area contributed by atoms with Crippen molar-refractivity contribution in [3.63, 3.8) is 0 Å². The molecular formula is C25H23FN8S. The van der Waals surface area contributed by atoms with Crippen LogP contribution in [0, 0.1) is 5.82 Å². The zero-order chi connectivity index (χ0) is 23.9. The molecule has 0 amide bonds. The van der Waals surface area contributed by atoms with E-state index in [1.165, 1.54) is 23.3 Å². The van der Waals surface area contributed by atoms with Gasteiger partial charge in [-0.3, -0.25) is 9.88 Å². The van der Waals surface area contributed by atoms with Crippen molar-refractivity contribution in [1.82, 2.24) is 39.4 Å². The molecule has 10 heteroatoms. The summed E-state index contributed by atoms with van der Waals surface area (Å²) in [5, 5.41) is 0. The number of rotatable bonds is 5. The second-order valence-corrected chi connectivity index (χ2v) is 8.97. The quantitative estimate of drug-likeness (QED) is 0.361. The molecule has 1 fully saturated rings. The fraction of sp³-hybridized carbons (Fsp3) is 0.200. The van der Waals surface area contributed by atoms with Crippen molar-refractivity contribution in [3.05, 3.63) is 96.4 Å². The van der Waals surface area contributed by atoms with Crippen molar-refractivity contribution in [3.8, 4) is 22.6 Å². The van der Waals surface area contributed by atoms with E-state index >= 15 is 0 Å². The van der Waals surface area contributed by atoms with E-state index in [2.05, 4.69) is 34.4 Å². The highest BCUT2D eigenvalue weighted by Crippen LogP contribution is 2.35. The van der Waals surface area contributed by atoms with Gasteiger partial charge in [0.2, 0.25) is 0 Å². The van der Waals surface area contributed by atoms with E-state index in [9.17, 15) is 4.39 Å². The molecule has 1 unspecified atom stereocenters. The number of imidazole rings is 1. The molecule has 0 saturated carbocycles. The molecule has 1 atom stereocenters. The highest BCUT2D eigenvalue weighted by atomic mass is 32.1. The Balaban J connectivity index is 0.000000371. The Morgan fingerprint density at radius 2 is 1.77 bits per heavy atom. The lowest BCUT2D eigenvalue weighted by molar-refractivity contribution is 0.319. The van der Waals surface area contributed by atoms with Crippen LogP contribution < -0.4 is 0 Å². The van der Waals surface area contributed by atoms with Gasteiger partial charge in [-0.05, 0) is 42.8 Å². The summed E-state index contributed by atoms with van der Waals surface area (Å²) >= 11 is 1.69. The Hall–Kier alpha value is -3.89. The van der Waals surface area contributed by atoms with E-state index < -0.39 is 0 Å². The van der Waals surface area contributed by atoms with Crippen LogP contribution in [-0.4, -0.2) is 52.5 Å². The first-order valence-electron chi connectivity index (χ1n) is 11.2. The Labute approximate surface area is 206 Å². The summed E-state index contributed by atoms with van der Waals surface area (Å²) in [5.74, 6) is -0.258. The van der Waals surface area contributed by atoms with Crippen LogP contribution in [0.25, 0.3) is 22.6 Å². The average Bonchev–Trinajstić information content (AvgIpc) is 3.68. The summed E-state index contributed by atoms with van der Waals surface area (Å²) in [6.45, 7) is 2.88. The Morgan fingerprint density at radius 1 is 0.943 bits per heavy atom. The Morgan fingerprint density at radius 3 is 2.43 bits per heavy atom. The lowest BCUT2D eigenvalue weighted by atomic mass is 10.1. The highest BCUT2D eigenvalue weighted by molar-refractivity contribution is 7.09. The number of hydrogen-bond donors (Lipinski definition) is 0. The molecule has 1 aromatic carbocycles. The van der Waals surface area contributed by atoms with Crippen LogP contribution in [0.4, 0.5) is 4.39 Å². The number of benzene rings is 1. The molecule has 1 saturated heterocycles. The maximum absolute atomic E-state index is 13.4. The third kappa shape index (κ3) is 5.61. The first-order chi connectivity index (χ1) is 17.3. The van der Waals surface area contributed by atoms with Gasteiger partial charge in [0.25, 0.3) is 0 Å². The molecule has 8 nitrogen and oxygen atoms in total. The standard InChI is InChI=1S/C21H19FN6S.C4H4N2/c22-16-3-1-15(2-4-16)20-21(19-5-7-23-12-25-19)28(13-26-20)17-6-8-27(10-17)11-18-9-24-14-29-18;1-2-5-4-6-3-1/h1-5,7,9,12-14,17H,6,8,10-11H2;1-4H. The van der Waals surface area contributed by atoms with E-state index in [0.717, 1.165) is 48.7 Å². The van der Waals surface area contributed by atoms with Crippen LogP contribution in [0.15, 0.2) is 85.7 Å². The zero-order valence-corrected chi connectivity index (χ0v) is 19.7. The van der Waals surface area contributed by atoms with Crippen LogP contribution in [0.2, 0.25) is 0 Å². The van der Waals surface area contributed by atoms with Crippen LogP contribution in [0.3, 0.4) is 0 Å². The highest BCUT2D eigenvalue weighted by Gasteiger charge is 2.28. The average molecular weight is 487 g/mol. The third-order valence-corrected chi connectivity index (χ3v) is 6.48. The summed E-state index contributed by atoms with van der Waals surface area (Å²) in [5.41, 5.74) is 5.32. The van der Waals surface area contributed by atoms with Crippen molar-refractivity contribution in [1.29, 1.82) is 0 Å². The van der Waals surface area contributed by atoms with E-state index in [4.69, 9.17) is 4.98 Å². The SMILES string of the molecule is Fc1ccc(-c2ncn(C3CCN(Cc4cncs4)C3)c2-c2ccncn2)cc1.c1cncnc1. The molecule has 35 heavy (non-hydrogen) atoms. The van der Waals surface area contributed by atoms with Crippen molar-refractivity contribution in [2.45, 2.75) is 19.0 Å². The van der Waals surface area contributed by atoms with Crippen molar-refractivity contribution < 1.29 is 4.39 Å². The third-order valence-electron chi connectivity index (χ3n) is 5.72. The van der Waals surface area contributed by atoms with Gasteiger partial charge in [-0.2, -0.15) is 0 Å². The summed E-state index contributed by atoms with van der Waals surface area (Å²) in [4.78, 5) is 28.5. The summed E-state index contributed by atoms with van der Waals surface area (Å²) in [7, 11) is 0. The lowest BCUT2D eigenvalue weighted by Crippen LogP contribution is -2.20. The monoisotopic (exact) mass is 486 g/mol. The molecule has 0 radical (unpaired) electrons. The number of nitrogens with zero attached hydrogens (tertiary/aromatic N) is 8. The van der Waals surface area contributed by atoms with E-state index in [1.54, 1.807) is 54.5 Å². The van der Waals surface area contributed by atoms with Gasteiger partial charge >= 0.3 is 0 Å². The van der Waals surface area contributed by atoms with Gasteiger partial charge in [-0.1, -0.05) is 0 Å². The van der Waals surface area contributed by atoms with Crippen LogP contribution in [0.5, 0.6) is 0 Å². The molecule has 176 valence electrons. The smallest absolute Gasteiger partial charge is 0.123 e. The molecule has 1 aliphatic rings. The molecule has 0 N–H and O–H groups in total. The maximum Gasteiger partial charge on any atom is 0.123 e. The second-order valence-electron chi connectivity index (χ2n) is 8.00. The fourth-order valence-electron chi connectivity index (χ4n) is 4.12. The predicted molar refractivity (Wildman–Crippen MR) is 132 cm³/mol. The number of thiazole rings is 1. The van der Waals surface area contributed by atoms with E-state index in [0.29, 0.717) is 6.04 Å². The van der Waals surface area contributed by atoms with Crippen molar-refractivity contribution in [2.75, 3.05) is 13.1 Å². The van der Waals surface area contributed by atoms with Crippen molar-refractivity contribution >= 4 is 11.3 Å². The summed E-state index contributed by atoms with van der Waals surface area (Å²) < 4.78 is 15.6. The van der Waals surface area contributed by atoms with Crippen LogP contribution >= 0.6 is 11.3 Å². The van der Waals surface area contributed by atoms with Gasteiger partial charge in [0.15, 0.2) is 0 Å². The lowest BCUT2D eigenvalue weighted by Gasteiger charge is -2.18. The normalized spacial score (nSPS) is 15.5. The largest absolute Gasteiger partial charge is 0.324 e. The fourth-order valence-corrected chi connectivity index (χ4v) is 4.75. The first-order valence-corrected chi connectivity index (χ1v) is 12.0. The van der Waals surface area contributed by atoms with Gasteiger partial charge in [-0.15, -0.1) is 11.3 Å². The molecule has 5 aromatic rings. The Bertz CT molecular complexity index is 1280. The minimum Gasteiger partial charge on any atom is -0.324 e. The predicted octanol–water partition coefficient (Wildman–Crippen LogP) is 4.53. The molecular weight excluding hydrogens is 463 g/mol. The van der Waals surface area contributed by atoms with Crippen LogP contribution in [0.1, 0.15) is 17.3 Å². The summed E-state index contributed by atoms with van der Waals surface area (Å²) in [6.07, 6.45) is 13.0. The Kier molecular flexibility index (Phi) is 7.21. The molecule has 1 aliphatic heterocycles.